The Bertz CT molecular complexity index is 1390. The Morgan fingerprint density at radius 3 is 2.33 bits per heavy atom. The van der Waals surface area contributed by atoms with E-state index in [1.165, 1.54) is 6.07 Å². The lowest BCUT2D eigenvalue weighted by atomic mass is 10.0. The molecule has 30 heavy (non-hydrogen) atoms. The zero-order valence-electron chi connectivity index (χ0n) is 15.9. The van der Waals surface area contributed by atoms with E-state index in [-0.39, 0.29) is 11.5 Å². The summed E-state index contributed by atoms with van der Waals surface area (Å²) in [5.41, 5.74) is 3.23. The summed E-state index contributed by atoms with van der Waals surface area (Å²) >= 11 is 0. The minimum Gasteiger partial charge on any atom is -0.340 e. The molecule has 0 radical (unpaired) electrons. The first-order valence-corrected chi connectivity index (χ1v) is 9.61. The predicted octanol–water partition coefficient (Wildman–Crippen LogP) is 3.92. The molecule has 1 amide bonds. The van der Waals surface area contributed by atoms with Crippen molar-refractivity contribution in [2.75, 3.05) is 0 Å². The largest absolute Gasteiger partial charge is 0.340 e. The number of benzene rings is 3. The van der Waals surface area contributed by atoms with E-state index in [1.54, 1.807) is 6.07 Å². The number of fused-ring (bicyclic) bond motifs is 2. The summed E-state index contributed by atoms with van der Waals surface area (Å²) in [6.45, 7) is 0. The third kappa shape index (κ3) is 3.24. The number of hydrogen-bond acceptors (Lipinski definition) is 3. The Labute approximate surface area is 171 Å². The number of aromatic nitrogens is 3. The Balaban J connectivity index is 1.59. The van der Waals surface area contributed by atoms with Crippen LogP contribution in [0.15, 0.2) is 89.7 Å². The zero-order chi connectivity index (χ0) is 20.5. The molecule has 0 aliphatic carbocycles. The quantitative estimate of drug-likeness (QED) is 0.431. The SMILES string of the molecule is O=C(N[C@H](c1ccccc1)c1nc2ccccc2[nH]1)c1cc(=O)[nH]c2ccccc12. The Morgan fingerprint density at radius 2 is 1.53 bits per heavy atom. The normalized spacial score (nSPS) is 12.1. The number of amides is 1. The zero-order valence-corrected chi connectivity index (χ0v) is 15.9. The molecule has 0 aliphatic heterocycles. The van der Waals surface area contributed by atoms with Crippen molar-refractivity contribution in [1.29, 1.82) is 0 Å². The number of nitrogens with one attached hydrogen (secondary N) is 3. The fourth-order valence-electron chi connectivity index (χ4n) is 3.67. The van der Waals surface area contributed by atoms with Crippen molar-refractivity contribution in [3.63, 3.8) is 0 Å². The molecule has 1 atom stereocenters. The minimum absolute atomic E-state index is 0.321. The number of hydrogen-bond donors (Lipinski definition) is 3. The number of carbonyl (C=O) groups is 1. The van der Waals surface area contributed by atoms with Crippen LogP contribution in [0.4, 0.5) is 0 Å². The first-order chi connectivity index (χ1) is 14.7. The molecule has 5 aromatic rings. The van der Waals surface area contributed by atoms with E-state index in [9.17, 15) is 9.59 Å². The smallest absolute Gasteiger partial charge is 0.253 e. The van der Waals surface area contributed by atoms with Crippen LogP contribution in [0, 0.1) is 0 Å². The molecule has 0 saturated carbocycles. The summed E-state index contributed by atoms with van der Waals surface area (Å²) in [5, 5.41) is 3.75. The van der Waals surface area contributed by atoms with Crippen LogP contribution >= 0.6 is 0 Å². The number of aromatic amines is 2. The summed E-state index contributed by atoms with van der Waals surface area (Å²) in [5.74, 6) is 0.288. The number of rotatable bonds is 4. The van der Waals surface area contributed by atoms with Gasteiger partial charge in [0.25, 0.3) is 5.91 Å². The second-order valence-electron chi connectivity index (χ2n) is 7.05. The van der Waals surface area contributed by atoms with Crippen molar-refractivity contribution in [2.24, 2.45) is 0 Å². The highest BCUT2D eigenvalue weighted by atomic mass is 16.2. The van der Waals surface area contributed by atoms with Gasteiger partial charge in [-0.3, -0.25) is 9.59 Å². The van der Waals surface area contributed by atoms with E-state index in [0.717, 1.165) is 16.6 Å². The lowest BCUT2D eigenvalue weighted by Gasteiger charge is -2.18. The van der Waals surface area contributed by atoms with Crippen molar-refractivity contribution >= 4 is 27.8 Å². The third-order valence-electron chi connectivity index (χ3n) is 5.08. The van der Waals surface area contributed by atoms with Gasteiger partial charge in [-0.25, -0.2) is 4.98 Å². The molecule has 0 bridgehead atoms. The molecule has 6 heteroatoms. The topological polar surface area (TPSA) is 90.6 Å². The summed E-state index contributed by atoms with van der Waals surface area (Å²) < 4.78 is 0. The third-order valence-corrected chi connectivity index (χ3v) is 5.08. The van der Waals surface area contributed by atoms with Gasteiger partial charge < -0.3 is 15.3 Å². The van der Waals surface area contributed by atoms with E-state index in [1.807, 2.05) is 72.8 Å². The predicted molar refractivity (Wildman–Crippen MR) is 116 cm³/mol. The van der Waals surface area contributed by atoms with E-state index >= 15 is 0 Å². The van der Waals surface area contributed by atoms with Crippen LogP contribution < -0.4 is 10.9 Å². The van der Waals surface area contributed by atoms with Crippen molar-refractivity contribution in [2.45, 2.75) is 6.04 Å². The maximum absolute atomic E-state index is 13.3. The second-order valence-corrected chi connectivity index (χ2v) is 7.05. The number of imidazole rings is 1. The molecule has 0 saturated heterocycles. The lowest BCUT2D eigenvalue weighted by molar-refractivity contribution is 0.0943. The number of carbonyl (C=O) groups excluding carboxylic acids is 1. The fraction of sp³-hybridized carbons (Fsp3) is 0.0417. The van der Waals surface area contributed by atoms with Gasteiger partial charge in [-0.2, -0.15) is 0 Å². The molecule has 0 fully saturated rings. The van der Waals surface area contributed by atoms with Gasteiger partial charge in [0.15, 0.2) is 0 Å². The van der Waals surface area contributed by atoms with Gasteiger partial charge in [0.05, 0.1) is 16.6 Å². The summed E-state index contributed by atoms with van der Waals surface area (Å²) in [7, 11) is 0. The molecule has 3 aromatic carbocycles. The van der Waals surface area contributed by atoms with Gasteiger partial charge >= 0.3 is 0 Å². The van der Waals surface area contributed by atoms with Crippen molar-refractivity contribution in [1.82, 2.24) is 20.3 Å². The monoisotopic (exact) mass is 394 g/mol. The van der Waals surface area contributed by atoms with Gasteiger partial charge in [-0.05, 0) is 23.8 Å². The number of pyridine rings is 1. The average Bonchev–Trinajstić information content (AvgIpc) is 3.21. The average molecular weight is 394 g/mol. The van der Waals surface area contributed by atoms with Gasteiger partial charge in [0.2, 0.25) is 5.56 Å². The number of H-pyrrole nitrogens is 2. The molecule has 0 aliphatic rings. The first kappa shape index (κ1) is 17.9. The number of nitrogens with zero attached hydrogens (tertiary/aromatic N) is 1. The summed E-state index contributed by atoms with van der Waals surface area (Å²) in [6, 6.07) is 25.4. The first-order valence-electron chi connectivity index (χ1n) is 9.61. The fourth-order valence-corrected chi connectivity index (χ4v) is 3.67. The highest BCUT2D eigenvalue weighted by Crippen LogP contribution is 2.24. The molecule has 146 valence electrons. The lowest BCUT2D eigenvalue weighted by Crippen LogP contribution is -2.31. The minimum atomic E-state index is -0.496. The van der Waals surface area contributed by atoms with Crippen molar-refractivity contribution < 1.29 is 4.79 Å². The molecule has 6 nitrogen and oxygen atoms in total. The van der Waals surface area contributed by atoms with Crippen LogP contribution in [-0.4, -0.2) is 20.9 Å². The van der Waals surface area contributed by atoms with Crippen LogP contribution in [0.2, 0.25) is 0 Å². The van der Waals surface area contributed by atoms with Crippen LogP contribution in [0.25, 0.3) is 21.9 Å². The Kier molecular flexibility index (Phi) is 4.37. The molecular formula is C24H18N4O2. The van der Waals surface area contributed by atoms with Crippen LogP contribution in [0.3, 0.4) is 0 Å². The Morgan fingerprint density at radius 1 is 0.833 bits per heavy atom. The van der Waals surface area contributed by atoms with Gasteiger partial charge in [-0.15, -0.1) is 0 Å². The van der Waals surface area contributed by atoms with E-state index in [0.29, 0.717) is 22.3 Å². The maximum atomic E-state index is 13.3. The molecule has 2 aromatic heterocycles. The molecule has 3 N–H and O–H groups in total. The number of para-hydroxylation sites is 3. The van der Waals surface area contributed by atoms with Crippen LogP contribution in [0.1, 0.15) is 27.8 Å². The van der Waals surface area contributed by atoms with E-state index in [4.69, 9.17) is 0 Å². The van der Waals surface area contributed by atoms with Crippen molar-refractivity contribution in [3.8, 4) is 0 Å². The molecule has 0 spiro atoms. The van der Waals surface area contributed by atoms with Crippen LogP contribution in [0.5, 0.6) is 0 Å². The standard InChI is InChI=1S/C24H18N4O2/c29-21-14-17(16-10-4-5-11-18(16)25-21)24(30)28-22(15-8-2-1-3-9-15)23-26-19-12-6-7-13-20(19)27-23/h1-14,22H,(H,25,29)(H,26,27)(H,28,30)/t22-/m1/s1. The Hall–Kier alpha value is -4.19. The summed E-state index contributed by atoms with van der Waals surface area (Å²) in [4.78, 5) is 36.1. The second kappa shape index (κ2) is 7.33. The van der Waals surface area contributed by atoms with E-state index in [2.05, 4.69) is 20.3 Å². The molecule has 0 unspecified atom stereocenters. The highest BCUT2D eigenvalue weighted by molar-refractivity contribution is 6.06. The highest BCUT2D eigenvalue weighted by Gasteiger charge is 2.22. The molecule has 2 heterocycles. The van der Waals surface area contributed by atoms with Gasteiger partial charge in [0.1, 0.15) is 11.9 Å². The summed E-state index contributed by atoms with van der Waals surface area (Å²) in [6.07, 6.45) is 0. The van der Waals surface area contributed by atoms with E-state index < -0.39 is 6.04 Å². The van der Waals surface area contributed by atoms with Crippen LogP contribution in [-0.2, 0) is 0 Å². The van der Waals surface area contributed by atoms with Gasteiger partial charge in [-0.1, -0.05) is 60.7 Å². The molecule has 5 rings (SSSR count). The van der Waals surface area contributed by atoms with Gasteiger partial charge in [0, 0.05) is 17.0 Å². The van der Waals surface area contributed by atoms with Crippen molar-refractivity contribution in [3.05, 3.63) is 112 Å². The molecular weight excluding hydrogens is 376 g/mol. The maximum Gasteiger partial charge on any atom is 0.253 e.